The van der Waals surface area contributed by atoms with Gasteiger partial charge in [-0.25, -0.2) is 4.68 Å². The molecule has 4 nitrogen and oxygen atoms in total. The van der Waals surface area contributed by atoms with E-state index in [1.807, 2.05) is 32.0 Å². The molecule has 0 spiro atoms. The van der Waals surface area contributed by atoms with Gasteiger partial charge in [0, 0.05) is 29.4 Å². The Morgan fingerprint density at radius 3 is 2.76 bits per heavy atom. The maximum atomic E-state index is 12.0. The molecule has 3 rings (SSSR count). The molecule has 0 radical (unpaired) electrons. The first-order chi connectivity index (χ1) is 10.0. The van der Waals surface area contributed by atoms with Gasteiger partial charge < -0.3 is 5.32 Å². The van der Waals surface area contributed by atoms with Crippen LogP contribution in [0.1, 0.15) is 29.8 Å². The van der Waals surface area contributed by atoms with Crippen LogP contribution in [0, 0.1) is 13.8 Å². The molecule has 1 aliphatic rings. The van der Waals surface area contributed by atoms with Gasteiger partial charge in [0.05, 0.1) is 5.69 Å². The molecule has 0 saturated heterocycles. The van der Waals surface area contributed by atoms with E-state index >= 15 is 0 Å². The van der Waals surface area contributed by atoms with Gasteiger partial charge in [0.25, 0.3) is 0 Å². The topological polar surface area (TPSA) is 46.9 Å². The zero-order valence-electron chi connectivity index (χ0n) is 12.2. The Labute approximate surface area is 128 Å². The van der Waals surface area contributed by atoms with Crippen LogP contribution in [0.15, 0.2) is 29.1 Å². The van der Waals surface area contributed by atoms with Crippen LogP contribution in [0.3, 0.4) is 0 Å². The third-order valence-corrected chi connectivity index (χ3v) is 4.12. The average molecular weight is 304 g/mol. The molecule has 110 valence electrons. The Bertz CT molecular complexity index is 735. The van der Waals surface area contributed by atoms with Crippen LogP contribution in [-0.4, -0.2) is 15.8 Å². The number of rotatable bonds is 4. The van der Waals surface area contributed by atoms with E-state index in [0.29, 0.717) is 23.3 Å². The van der Waals surface area contributed by atoms with E-state index in [-0.39, 0.29) is 5.43 Å². The molecule has 0 atom stereocenters. The summed E-state index contributed by atoms with van der Waals surface area (Å²) >= 11 is 6.18. The summed E-state index contributed by atoms with van der Waals surface area (Å²) in [4.78, 5) is 12.0. The first-order valence-electron chi connectivity index (χ1n) is 7.14. The zero-order chi connectivity index (χ0) is 15.0. The highest BCUT2D eigenvalue weighted by Gasteiger charge is 2.21. The molecule has 1 N–H and O–H groups in total. The molecular formula is C16H18ClN3O. The molecule has 0 amide bonds. The average Bonchev–Trinajstić information content (AvgIpc) is 3.25. The molecule has 1 aliphatic carbocycles. The molecule has 0 aliphatic heterocycles. The lowest BCUT2D eigenvalue weighted by atomic mass is 10.2. The summed E-state index contributed by atoms with van der Waals surface area (Å²) in [6, 6.07) is 7.97. The molecule has 2 aromatic rings. The van der Waals surface area contributed by atoms with E-state index in [1.54, 1.807) is 10.7 Å². The minimum Gasteiger partial charge on any atom is -0.308 e. The van der Waals surface area contributed by atoms with Crippen molar-refractivity contribution < 1.29 is 0 Å². The van der Waals surface area contributed by atoms with Crippen molar-refractivity contribution in [1.82, 2.24) is 15.1 Å². The van der Waals surface area contributed by atoms with E-state index in [4.69, 9.17) is 11.6 Å². The smallest absolute Gasteiger partial charge is 0.204 e. The fourth-order valence-electron chi connectivity index (χ4n) is 2.21. The van der Waals surface area contributed by atoms with Crippen LogP contribution in [0.5, 0.6) is 0 Å². The van der Waals surface area contributed by atoms with Crippen LogP contribution >= 0.6 is 11.6 Å². The third kappa shape index (κ3) is 3.17. The number of nitrogens with one attached hydrogen (secondary N) is 1. The summed E-state index contributed by atoms with van der Waals surface area (Å²) in [6.07, 6.45) is 2.38. The van der Waals surface area contributed by atoms with Gasteiger partial charge in [0.1, 0.15) is 5.69 Å². The standard InChI is InChI=1S/C16H18ClN3O/c1-10-3-6-13(8-14(10)17)20-11(2)7-16(21)15(19-20)9-18-12-4-5-12/h3,6-8,12,18H,4-5,9H2,1-2H3. The number of halogens is 1. The maximum Gasteiger partial charge on any atom is 0.204 e. The van der Waals surface area contributed by atoms with Crippen LogP contribution in [0.4, 0.5) is 0 Å². The first-order valence-corrected chi connectivity index (χ1v) is 7.52. The fraction of sp³-hybridized carbons (Fsp3) is 0.375. The van der Waals surface area contributed by atoms with Gasteiger partial charge >= 0.3 is 0 Å². The quantitative estimate of drug-likeness (QED) is 0.945. The number of aryl methyl sites for hydroxylation is 2. The van der Waals surface area contributed by atoms with Crippen LogP contribution in [-0.2, 0) is 6.54 Å². The summed E-state index contributed by atoms with van der Waals surface area (Å²) in [5, 5.41) is 8.53. The number of nitrogens with zero attached hydrogens (tertiary/aromatic N) is 2. The third-order valence-electron chi connectivity index (χ3n) is 3.71. The van der Waals surface area contributed by atoms with Crippen LogP contribution in [0.2, 0.25) is 5.02 Å². The minimum atomic E-state index is -0.0184. The van der Waals surface area contributed by atoms with Gasteiger partial charge in [0.15, 0.2) is 0 Å². The second kappa shape index (κ2) is 5.62. The SMILES string of the molecule is Cc1ccc(-n2nc(CNC3CC3)c(=O)cc2C)cc1Cl. The molecule has 21 heavy (non-hydrogen) atoms. The van der Waals surface area contributed by atoms with Crippen molar-refractivity contribution in [2.24, 2.45) is 0 Å². The van der Waals surface area contributed by atoms with Gasteiger partial charge in [0.2, 0.25) is 5.43 Å². The molecule has 0 unspecified atom stereocenters. The van der Waals surface area contributed by atoms with E-state index in [9.17, 15) is 4.79 Å². The normalized spacial score (nSPS) is 14.4. The molecule has 1 aromatic heterocycles. The number of benzene rings is 1. The van der Waals surface area contributed by atoms with Crippen LogP contribution in [0.25, 0.3) is 5.69 Å². The van der Waals surface area contributed by atoms with Gasteiger partial charge in [-0.1, -0.05) is 17.7 Å². The first kappa shape index (κ1) is 14.3. The monoisotopic (exact) mass is 303 g/mol. The fourth-order valence-corrected chi connectivity index (χ4v) is 2.38. The summed E-state index contributed by atoms with van der Waals surface area (Å²) < 4.78 is 1.77. The lowest BCUT2D eigenvalue weighted by Crippen LogP contribution is -2.25. The van der Waals surface area contributed by atoms with Crippen molar-refractivity contribution in [2.45, 2.75) is 39.3 Å². The molecule has 1 saturated carbocycles. The Morgan fingerprint density at radius 2 is 2.10 bits per heavy atom. The summed E-state index contributed by atoms with van der Waals surface area (Å²) in [5.41, 5.74) is 3.22. The highest BCUT2D eigenvalue weighted by atomic mass is 35.5. The molecule has 5 heteroatoms. The van der Waals surface area contributed by atoms with Crippen molar-refractivity contribution in [3.05, 3.63) is 56.5 Å². The number of hydrogen-bond acceptors (Lipinski definition) is 3. The van der Waals surface area contributed by atoms with Crippen molar-refractivity contribution in [2.75, 3.05) is 0 Å². The van der Waals surface area contributed by atoms with E-state index in [2.05, 4.69) is 10.4 Å². The Balaban J connectivity index is 1.97. The Morgan fingerprint density at radius 1 is 1.33 bits per heavy atom. The maximum absolute atomic E-state index is 12.0. The van der Waals surface area contributed by atoms with Crippen molar-refractivity contribution in [1.29, 1.82) is 0 Å². The Kier molecular flexibility index (Phi) is 3.83. The lowest BCUT2D eigenvalue weighted by Gasteiger charge is -2.12. The second-order valence-corrected chi connectivity index (χ2v) is 6.00. The van der Waals surface area contributed by atoms with Crippen LogP contribution < -0.4 is 10.7 Å². The largest absolute Gasteiger partial charge is 0.308 e. The van der Waals surface area contributed by atoms with E-state index < -0.39 is 0 Å². The predicted molar refractivity (Wildman–Crippen MR) is 84.2 cm³/mol. The summed E-state index contributed by atoms with van der Waals surface area (Å²) in [5.74, 6) is 0. The van der Waals surface area contributed by atoms with Gasteiger partial charge in [-0.05, 0) is 44.4 Å². The number of aromatic nitrogens is 2. The molecule has 1 aromatic carbocycles. The van der Waals surface area contributed by atoms with Crippen molar-refractivity contribution in [3.8, 4) is 5.69 Å². The molecule has 1 heterocycles. The van der Waals surface area contributed by atoms with Gasteiger partial charge in [-0.2, -0.15) is 5.10 Å². The van der Waals surface area contributed by atoms with Gasteiger partial charge in [-0.3, -0.25) is 4.79 Å². The van der Waals surface area contributed by atoms with Crippen molar-refractivity contribution >= 4 is 11.6 Å². The molecule has 1 fully saturated rings. The lowest BCUT2D eigenvalue weighted by molar-refractivity contribution is 0.642. The predicted octanol–water partition coefficient (Wildman–Crippen LogP) is 2.75. The minimum absolute atomic E-state index is 0.0184. The highest BCUT2D eigenvalue weighted by molar-refractivity contribution is 6.31. The van der Waals surface area contributed by atoms with Crippen molar-refractivity contribution in [3.63, 3.8) is 0 Å². The molecular weight excluding hydrogens is 286 g/mol. The highest BCUT2D eigenvalue weighted by Crippen LogP contribution is 2.20. The van der Waals surface area contributed by atoms with E-state index in [1.165, 1.54) is 12.8 Å². The number of hydrogen-bond donors (Lipinski definition) is 1. The zero-order valence-corrected chi connectivity index (χ0v) is 12.9. The Hall–Kier alpha value is -1.65. The summed E-state index contributed by atoms with van der Waals surface area (Å²) in [6.45, 7) is 4.35. The second-order valence-electron chi connectivity index (χ2n) is 5.60. The van der Waals surface area contributed by atoms with Gasteiger partial charge in [-0.15, -0.1) is 0 Å². The summed E-state index contributed by atoms with van der Waals surface area (Å²) in [7, 11) is 0. The molecule has 0 bridgehead atoms. The van der Waals surface area contributed by atoms with E-state index in [0.717, 1.165) is 16.9 Å².